The van der Waals surface area contributed by atoms with Crippen LogP contribution in [0.3, 0.4) is 0 Å². The molecule has 0 radical (unpaired) electrons. The summed E-state index contributed by atoms with van der Waals surface area (Å²) in [5.74, 6) is 0. The fraction of sp³-hybridized carbons (Fsp3) is 0.179. The number of nitrogen functional groups attached to an aromatic ring is 1. The van der Waals surface area contributed by atoms with Crippen molar-refractivity contribution in [3.63, 3.8) is 0 Å². The summed E-state index contributed by atoms with van der Waals surface area (Å²) in [6.07, 6.45) is 19.7. The molecule has 4 heteroatoms. The summed E-state index contributed by atoms with van der Waals surface area (Å²) in [4.78, 5) is 2.59. The molecular weight excluding hydrogens is 524 g/mol. The highest BCUT2D eigenvalue weighted by atomic mass is 15.2. The summed E-state index contributed by atoms with van der Waals surface area (Å²) in [5, 5.41) is 15.1. The van der Waals surface area contributed by atoms with Gasteiger partial charge in [-0.2, -0.15) is 0 Å². The van der Waals surface area contributed by atoms with E-state index in [0.717, 1.165) is 55.7 Å². The van der Waals surface area contributed by atoms with Crippen LogP contribution in [-0.4, -0.2) is 19.1 Å². The Hall–Kier alpha value is -4.96. The van der Waals surface area contributed by atoms with Crippen molar-refractivity contribution < 1.29 is 0 Å². The highest BCUT2D eigenvalue weighted by molar-refractivity contribution is 6.26. The van der Waals surface area contributed by atoms with E-state index in [-0.39, 0.29) is 6.04 Å². The summed E-state index contributed by atoms with van der Waals surface area (Å²) in [7, 11) is 0. The lowest BCUT2D eigenvalue weighted by molar-refractivity contribution is 0.672. The number of anilines is 2. The van der Waals surface area contributed by atoms with Crippen LogP contribution in [0.5, 0.6) is 0 Å². The van der Waals surface area contributed by atoms with Gasteiger partial charge in [0.1, 0.15) is 0 Å². The molecule has 0 amide bonds. The first kappa shape index (κ1) is 25.7. The number of dihydropyridines is 1. The zero-order valence-electron chi connectivity index (χ0n) is 24.3. The third-order valence-electron chi connectivity index (χ3n) is 9.28. The summed E-state index contributed by atoms with van der Waals surface area (Å²) in [6.45, 7) is 1.92. The molecule has 5 aromatic carbocycles. The van der Waals surface area contributed by atoms with E-state index in [0.29, 0.717) is 0 Å². The molecule has 0 fully saturated rings. The minimum atomic E-state index is 0.0822. The van der Waals surface area contributed by atoms with Crippen molar-refractivity contribution >= 4 is 49.8 Å². The summed E-state index contributed by atoms with van der Waals surface area (Å²) in [5.41, 5.74) is 14.9. The predicted molar refractivity (Wildman–Crippen MR) is 183 cm³/mol. The van der Waals surface area contributed by atoms with Gasteiger partial charge in [-0.05, 0) is 87.5 Å². The van der Waals surface area contributed by atoms with Gasteiger partial charge in [0, 0.05) is 47.8 Å². The zero-order chi connectivity index (χ0) is 28.8. The molecule has 43 heavy (non-hydrogen) atoms. The minimum absolute atomic E-state index is 0.0822. The zero-order valence-corrected chi connectivity index (χ0v) is 24.3. The van der Waals surface area contributed by atoms with Gasteiger partial charge in [-0.15, -0.1) is 0 Å². The van der Waals surface area contributed by atoms with Gasteiger partial charge in [-0.3, -0.25) is 0 Å². The lowest BCUT2D eigenvalue weighted by Crippen LogP contribution is -2.30. The smallest absolute Gasteiger partial charge is 0.0502 e. The maximum absolute atomic E-state index is 6.28. The quantitative estimate of drug-likeness (QED) is 0.139. The Labute approximate surface area is 252 Å². The van der Waals surface area contributed by atoms with Crippen molar-refractivity contribution in [1.29, 1.82) is 0 Å². The Morgan fingerprint density at radius 1 is 0.860 bits per heavy atom. The Bertz CT molecular complexity index is 2010. The van der Waals surface area contributed by atoms with E-state index < -0.39 is 0 Å². The largest absolute Gasteiger partial charge is 0.398 e. The average Bonchev–Trinajstić information content (AvgIpc) is 3.48. The van der Waals surface area contributed by atoms with E-state index in [2.05, 4.69) is 113 Å². The van der Waals surface area contributed by atoms with E-state index in [1.807, 2.05) is 18.2 Å². The number of hydrogen-bond acceptors (Lipinski definition) is 4. The van der Waals surface area contributed by atoms with Crippen LogP contribution in [0.25, 0.3) is 38.4 Å². The molecule has 212 valence electrons. The van der Waals surface area contributed by atoms with Crippen LogP contribution in [0.15, 0.2) is 126 Å². The number of nitrogens with zero attached hydrogens (tertiary/aromatic N) is 1. The number of nitrogens with one attached hydrogen (secondary N) is 2. The van der Waals surface area contributed by atoms with Gasteiger partial charge in [-0.25, -0.2) is 0 Å². The summed E-state index contributed by atoms with van der Waals surface area (Å²) in [6, 6.07) is 26.7. The van der Waals surface area contributed by atoms with Gasteiger partial charge in [0.15, 0.2) is 0 Å². The van der Waals surface area contributed by atoms with Crippen molar-refractivity contribution in [1.82, 2.24) is 10.6 Å². The standard InChI is InChI=1S/C39H36N4/c40-35-9-3-1-6-26(35)13-17-31(42-32-8-5-22-41-25-32)24-30-12-11-28-15-19-34-37(43-23-21-27-7-2-4-10-36(27)43)20-16-29-14-18-33(30)38(28)39(29)34/h1-3,5-9,11-20,25,31,41-42H,4,10,21-24,40H2/b17-13-. The fourth-order valence-electron chi connectivity index (χ4n) is 7.19. The maximum Gasteiger partial charge on any atom is 0.0502 e. The molecule has 0 spiro atoms. The fourth-order valence-corrected chi connectivity index (χ4v) is 7.19. The summed E-state index contributed by atoms with van der Waals surface area (Å²) >= 11 is 0. The lowest BCUT2D eigenvalue weighted by Gasteiger charge is -2.26. The first-order valence-electron chi connectivity index (χ1n) is 15.5. The molecule has 3 aliphatic rings. The molecule has 2 aliphatic heterocycles. The van der Waals surface area contributed by atoms with Crippen LogP contribution in [0.2, 0.25) is 0 Å². The van der Waals surface area contributed by atoms with Crippen molar-refractivity contribution in [3.05, 3.63) is 137 Å². The van der Waals surface area contributed by atoms with Gasteiger partial charge >= 0.3 is 0 Å². The number of nitrogens with two attached hydrogens (primary N) is 1. The van der Waals surface area contributed by atoms with Crippen LogP contribution < -0.4 is 21.3 Å². The van der Waals surface area contributed by atoms with Gasteiger partial charge in [0.05, 0.1) is 5.70 Å². The molecule has 0 aromatic heterocycles. The number of rotatable bonds is 7. The van der Waals surface area contributed by atoms with Crippen molar-refractivity contribution in [2.45, 2.75) is 31.7 Å². The molecule has 4 N–H and O–H groups in total. The number of benzene rings is 5. The Morgan fingerprint density at radius 2 is 1.67 bits per heavy atom. The Morgan fingerprint density at radius 3 is 2.53 bits per heavy atom. The molecule has 4 nitrogen and oxygen atoms in total. The number of allylic oxidation sites excluding steroid dienone is 4. The first-order chi connectivity index (χ1) is 21.2. The van der Waals surface area contributed by atoms with E-state index in [9.17, 15) is 0 Å². The van der Waals surface area contributed by atoms with Crippen LogP contribution in [-0.2, 0) is 6.42 Å². The lowest BCUT2D eigenvalue weighted by atomic mass is 9.89. The van der Waals surface area contributed by atoms with E-state index in [4.69, 9.17) is 5.73 Å². The Balaban J connectivity index is 1.22. The van der Waals surface area contributed by atoms with Crippen molar-refractivity contribution in [2.24, 2.45) is 0 Å². The second-order valence-electron chi connectivity index (χ2n) is 11.9. The molecule has 8 rings (SSSR count). The first-order valence-corrected chi connectivity index (χ1v) is 15.5. The summed E-state index contributed by atoms with van der Waals surface area (Å²) < 4.78 is 0. The molecule has 0 saturated carbocycles. The van der Waals surface area contributed by atoms with Crippen LogP contribution in [0.4, 0.5) is 11.4 Å². The molecule has 1 aliphatic carbocycles. The topological polar surface area (TPSA) is 53.3 Å². The third kappa shape index (κ3) is 4.64. The number of hydrogen-bond donors (Lipinski definition) is 3. The van der Waals surface area contributed by atoms with Crippen molar-refractivity contribution in [2.75, 3.05) is 23.7 Å². The SMILES string of the molecule is Nc1ccccc1/C=C\C(Cc1ccc2ccc3c(N4CCC5=C4CCC=C5)ccc4ccc1c2c43)NC1=CNCC=C1. The van der Waals surface area contributed by atoms with Gasteiger partial charge < -0.3 is 21.3 Å². The van der Waals surface area contributed by atoms with Crippen LogP contribution in [0, 0.1) is 0 Å². The second-order valence-corrected chi connectivity index (χ2v) is 11.9. The van der Waals surface area contributed by atoms with E-state index >= 15 is 0 Å². The minimum Gasteiger partial charge on any atom is -0.398 e. The molecule has 2 heterocycles. The monoisotopic (exact) mass is 560 g/mol. The molecule has 1 unspecified atom stereocenters. The number of para-hydroxylation sites is 1. The highest BCUT2D eigenvalue weighted by Crippen LogP contribution is 2.43. The maximum atomic E-state index is 6.28. The van der Waals surface area contributed by atoms with E-state index in [1.54, 1.807) is 0 Å². The van der Waals surface area contributed by atoms with Crippen LogP contribution in [0.1, 0.15) is 30.4 Å². The normalized spacial score (nSPS) is 17.3. The average molecular weight is 561 g/mol. The highest BCUT2D eigenvalue weighted by Gasteiger charge is 2.25. The molecule has 0 bridgehead atoms. The second kappa shape index (κ2) is 10.7. The third-order valence-corrected chi connectivity index (χ3v) is 9.28. The predicted octanol–water partition coefficient (Wildman–Crippen LogP) is 8.20. The molecular formula is C39H36N4. The van der Waals surface area contributed by atoms with Crippen molar-refractivity contribution in [3.8, 4) is 0 Å². The Kier molecular flexibility index (Phi) is 6.40. The van der Waals surface area contributed by atoms with Gasteiger partial charge in [-0.1, -0.05) is 91.0 Å². The molecule has 1 atom stereocenters. The van der Waals surface area contributed by atoms with Gasteiger partial charge in [0.25, 0.3) is 0 Å². The van der Waals surface area contributed by atoms with E-state index in [1.165, 1.54) is 54.8 Å². The van der Waals surface area contributed by atoms with Crippen LogP contribution >= 0.6 is 0 Å². The van der Waals surface area contributed by atoms with Gasteiger partial charge in [0.2, 0.25) is 0 Å². The molecule has 0 saturated heterocycles. The molecule has 5 aromatic rings.